The Morgan fingerprint density at radius 2 is 2.38 bits per heavy atom. The van der Waals surface area contributed by atoms with Gasteiger partial charge in [0.25, 0.3) is 0 Å². The first-order valence-corrected chi connectivity index (χ1v) is 5.97. The van der Waals surface area contributed by atoms with E-state index >= 15 is 0 Å². The van der Waals surface area contributed by atoms with E-state index in [4.69, 9.17) is 10.5 Å². The number of rotatable bonds is 3. The lowest BCUT2D eigenvalue weighted by atomic mass is 9.91. The number of methoxy groups -OCH3 is 1. The van der Waals surface area contributed by atoms with Crippen LogP contribution in [0.5, 0.6) is 5.75 Å². The molecule has 1 unspecified atom stereocenters. The Kier molecular flexibility index (Phi) is 3.67. The molecular weight excluding hydrogens is 200 g/mol. The summed E-state index contributed by atoms with van der Waals surface area (Å²) in [7, 11) is 1.71. The first kappa shape index (κ1) is 11.3. The topological polar surface area (TPSA) is 47.3 Å². The van der Waals surface area contributed by atoms with E-state index in [1.165, 1.54) is 24.1 Å². The second-order valence-electron chi connectivity index (χ2n) is 4.30. The van der Waals surface area contributed by atoms with Gasteiger partial charge in [-0.3, -0.25) is 0 Å². The Morgan fingerprint density at radius 3 is 3.12 bits per heavy atom. The van der Waals surface area contributed by atoms with Crippen LogP contribution in [-0.2, 0) is 0 Å². The SMILES string of the molecule is COc1ccc2c(c1)C(CCN)CCCN2. The van der Waals surface area contributed by atoms with E-state index in [9.17, 15) is 0 Å². The van der Waals surface area contributed by atoms with E-state index in [1.54, 1.807) is 7.11 Å². The second kappa shape index (κ2) is 5.21. The van der Waals surface area contributed by atoms with Crippen molar-refractivity contribution in [1.29, 1.82) is 0 Å². The van der Waals surface area contributed by atoms with Gasteiger partial charge in [-0.15, -0.1) is 0 Å². The largest absolute Gasteiger partial charge is 0.497 e. The summed E-state index contributed by atoms with van der Waals surface area (Å²) >= 11 is 0. The van der Waals surface area contributed by atoms with Gasteiger partial charge in [-0.05, 0) is 55.5 Å². The maximum absolute atomic E-state index is 5.69. The van der Waals surface area contributed by atoms with Gasteiger partial charge < -0.3 is 15.8 Å². The summed E-state index contributed by atoms with van der Waals surface area (Å²) in [5, 5.41) is 3.47. The second-order valence-corrected chi connectivity index (χ2v) is 4.30. The zero-order valence-electron chi connectivity index (χ0n) is 9.83. The molecule has 1 aliphatic heterocycles. The number of anilines is 1. The molecule has 2 rings (SSSR count). The van der Waals surface area contributed by atoms with Crippen molar-refractivity contribution in [3.05, 3.63) is 23.8 Å². The van der Waals surface area contributed by atoms with Crippen LogP contribution in [0.4, 0.5) is 5.69 Å². The van der Waals surface area contributed by atoms with Gasteiger partial charge in [-0.25, -0.2) is 0 Å². The fourth-order valence-corrected chi connectivity index (χ4v) is 2.39. The summed E-state index contributed by atoms with van der Waals surface area (Å²) in [6.45, 7) is 1.81. The van der Waals surface area contributed by atoms with Gasteiger partial charge in [0.05, 0.1) is 7.11 Å². The van der Waals surface area contributed by atoms with Crippen LogP contribution in [-0.4, -0.2) is 20.2 Å². The zero-order chi connectivity index (χ0) is 11.4. The number of ether oxygens (including phenoxy) is 1. The van der Waals surface area contributed by atoms with Crippen LogP contribution in [0.3, 0.4) is 0 Å². The van der Waals surface area contributed by atoms with Crippen molar-refractivity contribution in [1.82, 2.24) is 0 Å². The lowest BCUT2D eigenvalue weighted by Crippen LogP contribution is -2.07. The third kappa shape index (κ3) is 2.30. The summed E-state index contributed by atoms with van der Waals surface area (Å²) < 4.78 is 5.29. The van der Waals surface area contributed by atoms with Gasteiger partial charge in [-0.1, -0.05) is 0 Å². The third-order valence-corrected chi connectivity index (χ3v) is 3.26. The molecule has 0 bridgehead atoms. The lowest BCUT2D eigenvalue weighted by Gasteiger charge is -2.17. The highest BCUT2D eigenvalue weighted by atomic mass is 16.5. The average molecular weight is 220 g/mol. The van der Waals surface area contributed by atoms with E-state index in [1.807, 2.05) is 6.07 Å². The number of nitrogens with two attached hydrogens (primary N) is 1. The molecule has 0 spiro atoms. The minimum atomic E-state index is 0.574. The van der Waals surface area contributed by atoms with Crippen LogP contribution in [0.2, 0.25) is 0 Å². The third-order valence-electron chi connectivity index (χ3n) is 3.26. The van der Waals surface area contributed by atoms with Crippen molar-refractivity contribution >= 4 is 5.69 Å². The molecule has 0 saturated heterocycles. The van der Waals surface area contributed by atoms with Crippen LogP contribution in [0.1, 0.15) is 30.7 Å². The first-order valence-electron chi connectivity index (χ1n) is 5.97. The Bertz CT molecular complexity index is 352. The molecule has 1 aromatic rings. The quantitative estimate of drug-likeness (QED) is 0.822. The summed E-state index contributed by atoms with van der Waals surface area (Å²) in [6.07, 6.45) is 3.48. The minimum Gasteiger partial charge on any atom is -0.497 e. The Labute approximate surface area is 97.0 Å². The minimum absolute atomic E-state index is 0.574. The molecule has 0 saturated carbocycles. The summed E-state index contributed by atoms with van der Waals surface area (Å²) in [5.41, 5.74) is 8.30. The van der Waals surface area contributed by atoms with Gasteiger partial charge in [0.1, 0.15) is 5.75 Å². The van der Waals surface area contributed by atoms with Crippen molar-refractivity contribution in [2.75, 3.05) is 25.5 Å². The van der Waals surface area contributed by atoms with Gasteiger partial charge >= 0.3 is 0 Å². The van der Waals surface area contributed by atoms with Crippen LogP contribution < -0.4 is 15.8 Å². The normalized spacial score (nSPS) is 19.5. The number of fused-ring (bicyclic) bond motifs is 1. The van der Waals surface area contributed by atoms with Gasteiger partial charge in [0, 0.05) is 12.2 Å². The number of hydrogen-bond donors (Lipinski definition) is 2. The fraction of sp³-hybridized carbons (Fsp3) is 0.538. The van der Waals surface area contributed by atoms with E-state index in [0.717, 1.165) is 25.3 Å². The molecule has 0 fully saturated rings. The van der Waals surface area contributed by atoms with Crippen LogP contribution in [0.25, 0.3) is 0 Å². The molecule has 16 heavy (non-hydrogen) atoms. The monoisotopic (exact) mass is 220 g/mol. The van der Waals surface area contributed by atoms with Crippen LogP contribution in [0, 0.1) is 0 Å². The lowest BCUT2D eigenvalue weighted by molar-refractivity contribution is 0.413. The highest BCUT2D eigenvalue weighted by molar-refractivity contribution is 5.56. The van der Waals surface area contributed by atoms with Crippen molar-refractivity contribution in [3.8, 4) is 5.75 Å². The van der Waals surface area contributed by atoms with Gasteiger partial charge in [0.2, 0.25) is 0 Å². The molecule has 0 radical (unpaired) electrons. The maximum atomic E-state index is 5.69. The first-order chi connectivity index (χ1) is 7.85. The predicted molar refractivity (Wildman–Crippen MR) is 67.1 cm³/mol. The smallest absolute Gasteiger partial charge is 0.119 e. The van der Waals surface area contributed by atoms with E-state index < -0.39 is 0 Å². The fourth-order valence-electron chi connectivity index (χ4n) is 2.39. The standard InChI is InChI=1S/C13H20N2O/c1-16-11-4-5-13-12(9-11)10(6-7-14)3-2-8-15-13/h4-5,9-10,15H,2-3,6-8,14H2,1H3. The molecule has 1 aromatic carbocycles. The molecule has 0 aromatic heterocycles. The van der Waals surface area contributed by atoms with Gasteiger partial charge in [-0.2, -0.15) is 0 Å². The van der Waals surface area contributed by atoms with Crippen molar-refractivity contribution in [2.24, 2.45) is 5.73 Å². The molecule has 3 heteroatoms. The number of nitrogens with one attached hydrogen (secondary N) is 1. The van der Waals surface area contributed by atoms with Crippen LogP contribution in [0.15, 0.2) is 18.2 Å². The van der Waals surface area contributed by atoms with Crippen molar-refractivity contribution < 1.29 is 4.74 Å². The molecule has 3 N–H and O–H groups in total. The van der Waals surface area contributed by atoms with Crippen molar-refractivity contribution in [2.45, 2.75) is 25.2 Å². The summed E-state index contributed by atoms with van der Waals surface area (Å²) in [6, 6.07) is 6.27. The molecule has 1 heterocycles. The number of hydrogen-bond acceptors (Lipinski definition) is 3. The highest BCUT2D eigenvalue weighted by Gasteiger charge is 2.18. The van der Waals surface area contributed by atoms with Crippen LogP contribution >= 0.6 is 0 Å². The zero-order valence-corrected chi connectivity index (χ0v) is 9.83. The van der Waals surface area contributed by atoms with Crippen molar-refractivity contribution in [3.63, 3.8) is 0 Å². The molecule has 3 nitrogen and oxygen atoms in total. The molecule has 1 atom stereocenters. The molecule has 88 valence electrons. The average Bonchev–Trinajstić information content (AvgIpc) is 2.52. The Balaban J connectivity index is 2.33. The molecular formula is C13H20N2O. The Hall–Kier alpha value is -1.22. The van der Waals surface area contributed by atoms with E-state index in [2.05, 4.69) is 17.4 Å². The molecule has 0 aliphatic carbocycles. The molecule has 1 aliphatic rings. The predicted octanol–water partition coefficient (Wildman–Crippen LogP) is 2.33. The summed E-state index contributed by atoms with van der Waals surface area (Å²) in [4.78, 5) is 0. The van der Waals surface area contributed by atoms with E-state index in [-0.39, 0.29) is 0 Å². The Morgan fingerprint density at radius 1 is 1.50 bits per heavy atom. The molecule has 0 amide bonds. The van der Waals surface area contributed by atoms with Gasteiger partial charge in [0.15, 0.2) is 0 Å². The van der Waals surface area contributed by atoms with E-state index in [0.29, 0.717) is 5.92 Å². The highest BCUT2D eigenvalue weighted by Crippen LogP contribution is 2.35. The summed E-state index contributed by atoms with van der Waals surface area (Å²) in [5.74, 6) is 1.51. The maximum Gasteiger partial charge on any atom is 0.119 e. The number of benzene rings is 1.